The van der Waals surface area contributed by atoms with Crippen molar-refractivity contribution < 1.29 is 4.79 Å². The van der Waals surface area contributed by atoms with Gasteiger partial charge in [0.1, 0.15) is 0 Å². The summed E-state index contributed by atoms with van der Waals surface area (Å²) in [5.41, 5.74) is 1.05. The normalized spacial score (nSPS) is 20.1. The number of nitrogens with zero attached hydrogens (tertiary/aromatic N) is 1. The van der Waals surface area contributed by atoms with E-state index < -0.39 is 0 Å². The monoisotopic (exact) mass is 205 g/mol. The maximum Gasteiger partial charge on any atom is 0.269 e. The lowest BCUT2D eigenvalue weighted by atomic mass is 9.99. The third-order valence-electron chi connectivity index (χ3n) is 2.04. The molecule has 1 aliphatic rings. The van der Waals surface area contributed by atoms with Crippen molar-refractivity contribution >= 4 is 23.7 Å². The molecule has 0 saturated carbocycles. The van der Waals surface area contributed by atoms with Crippen LogP contribution in [0.25, 0.3) is 0 Å². The lowest BCUT2D eigenvalue weighted by Gasteiger charge is -2.09. The van der Waals surface area contributed by atoms with Crippen molar-refractivity contribution in [3.05, 3.63) is 47.0 Å². The first-order valence-corrected chi connectivity index (χ1v) is 4.65. The summed E-state index contributed by atoms with van der Waals surface area (Å²) in [5, 5.41) is 0.696. The number of carbonyl (C=O) groups is 1. The van der Waals surface area contributed by atoms with Crippen LogP contribution < -0.4 is 0 Å². The van der Waals surface area contributed by atoms with Crippen LogP contribution in [0.15, 0.2) is 41.4 Å². The maximum atomic E-state index is 10.8. The van der Waals surface area contributed by atoms with Crippen LogP contribution >= 0.6 is 11.6 Å². The van der Waals surface area contributed by atoms with Gasteiger partial charge in [0, 0.05) is 23.2 Å². The third-order valence-corrected chi connectivity index (χ3v) is 2.28. The first-order chi connectivity index (χ1) is 6.75. The average Bonchev–Trinajstić information content (AvgIpc) is 2.19. The Morgan fingerprint density at radius 2 is 2.21 bits per heavy atom. The standard InChI is InChI=1S/C11H8ClNO/c12-10-3-1-2-8(6-10)9-4-5-11(14)13-7-9/h1-7,9H. The van der Waals surface area contributed by atoms with Gasteiger partial charge in [-0.25, -0.2) is 4.99 Å². The van der Waals surface area contributed by atoms with Crippen molar-refractivity contribution in [1.82, 2.24) is 0 Å². The molecule has 1 aromatic rings. The SMILES string of the molecule is O=C1C=CC(c2cccc(Cl)c2)C=N1. The zero-order valence-electron chi connectivity index (χ0n) is 7.35. The Morgan fingerprint density at radius 1 is 1.36 bits per heavy atom. The lowest BCUT2D eigenvalue weighted by molar-refractivity contribution is -0.113. The summed E-state index contributed by atoms with van der Waals surface area (Å²) in [6.45, 7) is 0. The molecule has 0 spiro atoms. The van der Waals surface area contributed by atoms with Crippen molar-refractivity contribution in [2.75, 3.05) is 0 Å². The lowest BCUT2D eigenvalue weighted by Crippen LogP contribution is -2.04. The molecule has 0 aromatic heterocycles. The smallest absolute Gasteiger partial charge is 0.268 e. The topological polar surface area (TPSA) is 29.4 Å². The van der Waals surface area contributed by atoms with Crippen LogP contribution in [0.3, 0.4) is 0 Å². The number of rotatable bonds is 1. The molecule has 0 N–H and O–H groups in total. The number of dihydropyridines is 1. The molecule has 2 rings (SSSR count). The molecule has 1 atom stereocenters. The number of benzene rings is 1. The molecule has 0 radical (unpaired) electrons. The van der Waals surface area contributed by atoms with E-state index in [-0.39, 0.29) is 11.8 Å². The van der Waals surface area contributed by atoms with E-state index in [4.69, 9.17) is 11.6 Å². The fraction of sp³-hybridized carbons (Fsp3) is 0.0909. The molecule has 1 heterocycles. The number of amides is 1. The fourth-order valence-electron chi connectivity index (χ4n) is 1.34. The summed E-state index contributed by atoms with van der Waals surface area (Å²) in [6, 6.07) is 7.54. The average molecular weight is 206 g/mol. The van der Waals surface area contributed by atoms with E-state index in [0.717, 1.165) is 5.56 Å². The number of allylic oxidation sites excluding steroid dienone is 1. The fourth-order valence-corrected chi connectivity index (χ4v) is 1.54. The van der Waals surface area contributed by atoms with Crippen LogP contribution in [0.2, 0.25) is 5.02 Å². The number of aliphatic imine (C=N–C) groups is 1. The maximum absolute atomic E-state index is 10.8. The van der Waals surface area contributed by atoms with Gasteiger partial charge in [0.05, 0.1) is 0 Å². The summed E-state index contributed by atoms with van der Waals surface area (Å²) in [5.74, 6) is -0.144. The Kier molecular flexibility index (Phi) is 2.46. The van der Waals surface area contributed by atoms with Gasteiger partial charge in [0.15, 0.2) is 0 Å². The van der Waals surface area contributed by atoms with E-state index in [1.807, 2.05) is 30.3 Å². The molecule has 1 unspecified atom stereocenters. The van der Waals surface area contributed by atoms with E-state index in [1.165, 1.54) is 6.08 Å². The minimum atomic E-state index is -0.205. The molecule has 2 nitrogen and oxygen atoms in total. The van der Waals surface area contributed by atoms with Crippen molar-refractivity contribution in [2.24, 2.45) is 4.99 Å². The Balaban J connectivity index is 2.29. The van der Waals surface area contributed by atoms with Crippen molar-refractivity contribution in [3.63, 3.8) is 0 Å². The number of carbonyl (C=O) groups excluding carboxylic acids is 1. The highest BCUT2D eigenvalue weighted by Gasteiger charge is 2.09. The molecular weight excluding hydrogens is 198 g/mol. The van der Waals surface area contributed by atoms with Crippen molar-refractivity contribution in [1.29, 1.82) is 0 Å². The number of halogens is 1. The van der Waals surface area contributed by atoms with Gasteiger partial charge in [0.25, 0.3) is 5.91 Å². The van der Waals surface area contributed by atoms with E-state index in [1.54, 1.807) is 6.21 Å². The Hall–Kier alpha value is -1.41. The highest BCUT2D eigenvalue weighted by molar-refractivity contribution is 6.30. The van der Waals surface area contributed by atoms with E-state index in [9.17, 15) is 4.79 Å². The van der Waals surface area contributed by atoms with Gasteiger partial charge < -0.3 is 0 Å². The highest BCUT2D eigenvalue weighted by atomic mass is 35.5. The molecule has 1 amide bonds. The molecule has 3 heteroatoms. The minimum Gasteiger partial charge on any atom is -0.268 e. The Bertz CT molecular complexity index is 407. The zero-order valence-corrected chi connectivity index (χ0v) is 8.11. The molecule has 1 aromatic carbocycles. The van der Waals surface area contributed by atoms with Gasteiger partial charge >= 0.3 is 0 Å². The van der Waals surface area contributed by atoms with Gasteiger partial charge in [-0.1, -0.05) is 29.8 Å². The second-order valence-electron chi connectivity index (χ2n) is 3.06. The van der Waals surface area contributed by atoms with E-state index in [2.05, 4.69) is 4.99 Å². The van der Waals surface area contributed by atoms with Crippen LogP contribution in [-0.2, 0) is 4.79 Å². The second-order valence-corrected chi connectivity index (χ2v) is 3.49. The molecular formula is C11H8ClNO. The summed E-state index contributed by atoms with van der Waals surface area (Å²) < 4.78 is 0. The number of hydrogen-bond donors (Lipinski definition) is 0. The Morgan fingerprint density at radius 3 is 2.86 bits per heavy atom. The Labute approximate surface area is 86.9 Å². The highest BCUT2D eigenvalue weighted by Crippen LogP contribution is 2.21. The van der Waals surface area contributed by atoms with Crippen LogP contribution in [-0.4, -0.2) is 12.1 Å². The molecule has 1 aliphatic heterocycles. The molecule has 0 aliphatic carbocycles. The van der Waals surface area contributed by atoms with Gasteiger partial charge in [0.2, 0.25) is 0 Å². The minimum absolute atomic E-state index is 0.0615. The molecule has 0 bridgehead atoms. The second kappa shape index (κ2) is 3.76. The first kappa shape index (κ1) is 9.16. The van der Waals surface area contributed by atoms with Gasteiger partial charge in [-0.15, -0.1) is 0 Å². The summed E-state index contributed by atoms with van der Waals surface area (Å²) >= 11 is 5.86. The van der Waals surface area contributed by atoms with E-state index >= 15 is 0 Å². The zero-order chi connectivity index (χ0) is 9.97. The van der Waals surface area contributed by atoms with Gasteiger partial charge in [-0.3, -0.25) is 4.79 Å². The molecule has 0 fully saturated rings. The van der Waals surface area contributed by atoms with Crippen LogP contribution in [0.4, 0.5) is 0 Å². The number of hydrogen-bond acceptors (Lipinski definition) is 1. The van der Waals surface area contributed by atoms with Crippen LogP contribution in [0.5, 0.6) is 0 Å². The summed E-state index contributed by atoms with van der Waals surface area (Å²) in [6.07, 6.45) is 4.93. The van der Waals surface area contributed by atoms with Crippen molar-refractivity contribution in [3.8, 4) is 0 Å². The van der Waals surface area contributed by atoms with Gasteiger partial charge in [-0.05, 0) is 17.7 Å². The molecule has 0 saturated heterocycles. The molecule has 70 valence electrons. The summed E-state index contributed by atoms with van der Waals surface area (Å²) in [4.78, 5) is 14.5. The van der Waals surface area contributed by atoms with Crippen molar-refractivity contribution in [2.45, 2.75) is 5.92 Å². The molecule has 14 heavy (non-hydrogen) atoms. The predicted octanol–water partition coefficient (Wildman–Crippen LogP) is 2.59. The first-order valence-electron chi connectivity index (χ1n) is 4.27. The summed E-state index contributed by atoms with van der Waals surface area (Å²) in [7, 11) is 0. The van der Waals surface area contributed by atoms with Crippen LogP contribution in [0, 0.1) is 0 Å². The predicted molar refractivity (Wildman–Crippen MR) is 56.8 cm³/mol. The van der Waals surface area contributed by atoms with Gasteiger partial charge in [-0.2, -0.15) is 0 Å². The van der Waals surface area contributed by atoms with Crippen LogP contribution in [0.1, 0.15) is 11.5 Å². The third kappa shape index (κ3) is 1.91. The largest absolute Gasteiger partial charge is 0.269 e. The van der Waals surface area contributed by atoms with E-state index in [0.29, 0.717) is 5.02 Å². The quantitative estimate of drug-likeness (QED) is 0.693.